The average molecular weight is 340 g/mol. The van der Waals surface area contributed by atoms with Crippen molar-refractivity contribution in [2.75, 3.05) is 0 Å². The highest BCUT2D eigenvalue weighted by Crippen LogP contribution is 2.31. The molecule has 2 nitrogen and oxygen atoms in total. The maximum absolute atomic E-state index is 6.08. The van der Waals surface area contributed by atoms with E-state index in [2.05, 4.69) is 53.4 Å². The molecule has 0 fully saturated rings. The lowest BCUT2D eigenvalue weighted by molar-refractivity contribution is 0.184. The first-order chi connectivity index (χ1) is 8.97. The minimum absolute atomic E-state index is 0.0628. The van der Waals surface area contributed by atoms with Gasteiger partial charge in [0, 0.05) is 20.8 Å². The lowest BCUT2D eigenvalue weighted by atomic mass is 10.1. The van der Waals surface area contributed by atoms with Gasteiger partial charge in [0.2, 0.25) is 0 Å². The van der Waals surface area contributed by atoms with E-state index in [9.17, 15) is 0 Å². The van der Waals surface area contributed by atoms with Gasteiger partial charge in [-0.2, -0.15) is 0 Å². The van der Waals surface area contributed by atoms with Gasteiger partial charge >= 0.3 is 0 Å². The molecule has 102 valence electrons. The van der Waals surface area contributed by atoms with E-state index >= 15 is 0 Å². The Bertz CT molecular complexity index is 565. The summed E-state index contributed by atoms with van der Waals surface area (Å²) in [5.74, 6) is 0.870. The molecule has 0 spiro atoms. The molecule has 0 aliphatic carbocycles. The molecule has 0 saturated heterocycles. The van der Waals surface area contributed by atoms with Gasteiger partial charge in [-0.15, -0.1) is 11.3 Å². The van der Waals surface area contributed by atoms with E-state index < -0.39 is 0 Å². The van der Waals surface area contributed by atoms with Gasteiger partial charge in [-0.05, 0) is 66.0 Å². The molecule has 19 heavy (non-hydrogen) atoms. The van der Waals surface area contributed by atoms with Crippen molar-refractivity contribution in [3.63, 3.8) is 0 Å². The SMILES string of the molecule is Cc1ccc(OC(c2cc(Br)cs2)C(C)N)cc1C. The number of thiophene rings is 1. The number of rotatable bonds is 4. The molecule has 2 atom stereocenters. The standard InChI is InChI=1S/C15H18BrNOS/c1-9-4-5-13(6-10(9)2)18-15(11(3)17)14-7-12(16)8-19-14/h4-8,11,15H,17H2,1-3H3. The highest BCUT2D eigenvalue weighted by Gasteiger charge is 2.20. The Kier molecular flexibility index (Phi) is 4.66. The molecule has 2 rings (SSSR count). The zero-order valence-corrected chi connectivity index (χ0v) is 13.7. The Hall–Kier alpha value is -0.840. The molecule has 1 heterocycles. The van der Waals surface area contributed by atoms with E-state index in [1.807, 2.05) is 13.0 Å². The zero-order valence-electron chi connectivity index (χ0n) is 11.3. The molecule has 0 radical (unpaired) electrons. The Labute approximate surface area is 126 Å². The fourth-order valence-corrected chi connectivity index (χ4v) is 3.42. The topological polar surface area (TPSA) is 35.2 Å². The number of benzene rings is 1. The molecule has 1 aromatic heterocycles. The largest absolute Gasteiger partial charge is 0.483 e. The minimum Gasteiger partial charge on any atom is -0.483 e. The first-order valence-corrected chi connectivity index (χ1v) is 7.88. The van der Waals surface area contributed by atoms with Crippen LogP contribution in [0, 0.1) is 13.8 Å². The summed E-state index contributed by atoms with van der Waals surface area (Å²) in [6.07, 6.45) is -0.113. The second-order valence-corrected chi connectivity index (χ2v) is 6.67. The number of hydrogen-bond donors (Lipinski definition) is 1. The molecule has 0 aliphatic rings. The lowest BCUT2D eigenvalue weighted by Crippen LogP contribution is -2.28. The Morgan fingerprint density at radius 3 is 2.47 bits per heavy atom. The maximum atomic E-state index is 6.08. The molecule has 0 amide bonds. The van der Waals surface area contributed by atoms with E-state index in [0.29, 0.717) is 0 Å². The van der Waals surface area contributed by atoms with Crippen molar-refractivity contribution >= 4 is 27.3 Å². The summed E-state index contributed by atoms with van der Waals surface area (Å²) in [5.41, 5.74) is 8.56. The van der Waals surface area contributed by atoms with E-state index in [1.54, 1.807) is 11.3 Å². The van der Waals surface area contributed by atoms with Crippen molar-refractivity contribution in [1.82, 2.24) is 0 Å². The van der Waals surface area contributed by atoms with Gasteiger partial charge in [-0.1, -0.05) is 6.07 Å². The summed E-state index contributed by atoms with van der Waals surface area (Å²) in [6.45, 7) is 6.16. The third-order valence-corrected chi connectivity index (χ3v) is 4.84. The Morgan fingerprint density at radius 1 is 1.21 bits per heavy atom. The average Bonchev–Trinajstić information content (AvgIpc) is 2.76. The molecule has 0 saturated carbocycles. The maximum Gasteiger partial charge on any atom is 0.148 e. The second-order valence-electron chi connectivity index (χ2n) is 4.81. The van der Waals surface area contributed by atoms with Crippen LogP contribution in [0.1, 0.15) is 29.0 Å². The summed E-state index contributed by atoms with van der Waals surface area (Å²) < 4.78 is 7.15. The van der Waals surface area contributed by atoms with Gasteiger partial charge < -0.3 is 10.5 Å². The van der Waals surface area contributed by atoms with E-state index in [0.717, 1.165) is 15.1 Å². The van der Waals surface area contributed by atoms with Crippen LogP contribution in [-0.2, 0) is 0 Å². The van der Waals surface area contributed by atoms with Gasteiger partial charge in [0.15, 0.2) is 0 Å². The normalized spacial score (nSPS) is 14.2. The number of hydrogen-bond acceptors (Lipinski definition) is 3. The summed E-state index contributed by atoms with van der Waals surface area (Å²) in [4.78, 5) is 1.14. The molecule has 0 bridgehead atoms. The molecular formula is C15H18BrNOS. The van der Waals surface area contributed by atoms with Crippen LogP contribution in [0.3, 0.4) is 0 Å². The first-order valence-electron chi connectivity index (χ1n) is 6.21. The number of ether oxygens (including phenoxy) is 1. The zero-order chi connectivity index (χ0) is 14.0. The first kappa shape index (κ1) is 14.6. The number of halogens is 1. The van der Waals surface area contributed by atoms with Crippen molar-refractivity contribution in [1.29, 1.82) is 0 Å². The highest BCUT2D eigenvalue weighted by molar-refractivity contribution is 9.10. The number of aryl methyl sites for hydroxylation is 2. The van der Waals surface area contributed by atoms with Crippen LogP contribution in [0.5, 0.6) is 5.75 Å². The quantitative estimate of drug-likeness (QED) is 0.883. The minimum atomic E-state index is -0.113. The van der Waals surface area contributed by atoms with Crippen LogP contribution in [0.15, 0.2) is 34.1 Å². The van der Waals surface area contributed by atoms with Crippen molar-refractivity contribution in [2.24, 2.45) is 5.73 Å². The Balaban J connectivity index is 2.23. The van der Waals surface area contributed by atoms with Crippen molar-refractivity contribution in [3.05, 3.63) is 50.1 Å². The monoisotopic (exact) mass is 339 g/mol. The van der Waals surface area contributed by atoms with Gasteiger partial charge in [0.05, 0.1) is 0 Å². The summed E-state index contributed by atoms with van der Waals surface area (Å²) in [7, 11) is 0. The van der Waals surface area contributed by atoms with Gasteiger partial charge in [0.1, 0.15) is 11.9 Å². The van der Waals surface area contributed by atoms with Crippen LogP contribution in [0.25, 0.3) is 0 Å². The fourth-order valence-electron chi connectivity index (χ4n) is 1.84. The molecule has 2 unspecified atom stereocenters. The van der Waals surface area contributed by atoms with Crippen LogP contribution < -0.4 is 10.5 Å². The molecule has 0 aliphatic heterocycles. The van der Waals surface area contributed by atoms with Crippen LogP contribution in [-0.4, -0.2) is 6.04 Å². The van der Waals surface area contributed by atoms with Gasteiger partial charge in [-0.25, -0.2) is 0 Å². The predicted octanol–water partition coefficient (Wildman–Crippen LogP) is 4.59. The van der Waals surface area contributed by atoms with Crippen molar-refractivity contribution in [3.8, 4) is 5.75 Å². The second kappa shape index (κ2) is 6.07. The molecule has 2 aromatic rings. The van der Waals surface area contributed by atoms with E-state index in [4.69, 9.17) is 10.5 Å². The number of nitrogens with two attached hydrogens (primary N) is 1. The van der Waals surface area contributed by atoms with E-state index in [1.165, 1.54) is 11.1 Å². The molecule has 1 aromatic carbocycles. The van der Waals surface area contributed by atoms with Crippen molar-refractivity contribution in [2.45, 2.75) is 32.9 Å². The van der Waals surface area contributed by atoms with Crippen molar-refractivity contribution < 1.29 is 4.74 Å². The third kappa shape index (κ3) is 3.59. The summed E-state index contributed by atoms with van der Waals surface area (Å²) in [5, 5.41) is 2.05. The smallest absolute Gasteiger partial charge is 0.148 e. The predicted molar refractivity (Wildman–Crippen MR) is 85.0 cm³/mol. The fraction of sp³-hybridized carbons (Fsp3) is 0.333. The van der Waals surface area contributed by atoms with E-state index in [-0.39, 0.29) is 12.1 Å². The highest BCUT2D eigenvalue weighted by atomic mass is 79.9. The molecule has 2 N–H and O–H groups in total. The van der Waals surface area contributed by atoms with Crippen LogP contribution >= 0.6 is 27.3 Å². The lowest BCUT2D eigenvalue weighted by Gasteiger charge is -2.22. The van der Waals surface area contributed by atoms with Crippen LogP contribution in [0.2, 0.25) is 0 Å². The molecule has 4 heteroatoms. The third-order valence-electron chi connectivity index (χ3n) is 3.09. The Morgan fingerprint density at radius 2 is 1.95 bits per heavy atom. The summed E-state index contributed by atoms with van der Waals surface area (Å²) in [6, 6.07) is 8.15. The molecular weight excluding hydrogens is 322 g/mol. The van der Waals surface area contributed by atoms with Crippen LogP contribution in [0.4, 0.5) is 0 Å². The summed E-state index contributed by atoms with van der Waals surface area (Å²) >= 11 is 5.13. The van der Waals surface area contributed by atoms with Gasteiger partial charge in [0.25, 0.3) is 0 Å². The van der Waals surface area contributed by atoms with Gasteiger partial charge in [-0.3, -0.25) is 0 Å².